The van der Waals surface area contributed by atoms with E-state index in [-0.39, 0.29) is 32.5 Å². The molecular formula is C58H56N4O4-2. The van der Waals surface area contributed by atoms with E-state index in [4.69, 9.17) is 39.5 Å². The maximum Gasteiger partial charge on any atom is 0.172 e. The van der Waals surface area contributed by atoms with E-state index in [1.54, 1.807) is 14.2 Å². The lowest BCUT2D eigenvalue weighted by atomic mass is 9.72. The third-order valence-electron chi connectivity index (χ3n) is 16.8. The number of methoxy groups -OCH3 is 2. The summed E-state index contributed by atoms with van der Waals surface area (Å²) in [7, 11) is 3.43. The molecule has 2 spiro atoms. The lowest BCUT2D eigenvalue weighted by Gasteiger charge is -2.46. The molecular weight excluding hydrogens is 817 g/mol. The third kappa shape index (κ3) is 5.16. The fourth-order valence-electron chi connectivity index (χ4n) is 14.1. The molecule has 0 radical (unpaired) electrons. The zero-order chi connectivity index (χ0) is 45.8. The van der Waals surface area contributed by atoms with Crippen molar-refractivity contribution in [1.29, 1.82) is 0 Å². The van der Waals surface area contributed by atoms with Crippen LogP contribution in [0.5, 0.6) is 34.5 Å². The molecule has 6 aromatic carbocycles. The molecule has 6 aliphatic rings. The van der Waals surface area contributed by atoms with Gasteiger partial charge < -0.3 is 29.6 Å². The Bertz CT molecular complexity index is 3400. The van der Waals surface area contributed by atoms with E-state index in [1.807, 2.05) is 12.1 Å². The summed E-state index contributed by atoms with van der Waals surface area (Å²) in [6.07, 6.45) is 3.93. The molecule has 2 atom stereocenters. The maximum atomic E-state index is 6.88. The van der Waals surface area contributed by atoms with Crippen LogP contribution >= 0.6 is 0 Å². The predicted molar refractivity (Wildman–Crippen MR) is 263 cm³/mol. The summed E-state index contributed by atoms with van der Waals surface area (Å²) < 4.78 is 25.4. The average molecular weight is 873 g/mol. The zero-order valence-electron chi connectivity index (χ0n) is 40.2. The summed E-state index contributed by atoms with van der Waals surface area (Å²) in [4.78, 5) is 10.7. The van der Waals surface area contributed by atoms with E-state index >= 15 is 0 Å². The molecule has 8 heteroatoms. The minimum absolute atomic E-state index is 0.0644. The highest BCUT2D eigenvalue weighted by atomic mass is 16.6. The quantitative estimate of drug-likeness (QED) is 0.161. The number of rotatable bonds is 2. The van der Waals surface area contributed by atoms with Crippen molar-refractivity contribution in [3.8, 4) is 34.5 Å². The van der Waals surface area contributed by atoms with E-state index in [0.717, 1.165) is 93.5 Å². The average Bonchev–Trinajstić information content (AvgIpc) is 3.80. The predicted octanol–water partition coefficient (Wildman–Crippen LogP) is 15.6. The molecule has 0 N–H and O–H groups in total. The van der Waals surface area contributed by atoms with Crippen LogP contribution < -0.4 is 18.9 Å². The van der Waals surface area contributed by atoms with Crippen molar-refractivity contribution in [3.63, 3.8) is 0 Å². The minimum atomic E-state index is -0.224. The Morgan fingerprint density at radius 1 is 0.394 bits per heavy atom. The molecule has 7 aromatic rings. The molecule has 3 heterocycles. The van der Waals surface area contributed by atoms with Crippen LogP contribution in [0.15, 0.2) is 72.8 Å². The van der Waals surface area contributed by atoms with Gasteiger partial charge in [-0.25, -0.2) is 9.97 Å². The van der Waals surface area contributed by atoms with Gasteiger partial charge >= 0.3 is 0 Å². The first kappa shape index (κ1) is 40.0. The highest BCUT2D eigenvalue weighted by molar-refractivity contribution is 5.99. The summed E-state index contributed by atoms with van der Waals surface area (Å²) in [5.74, 6) is 4.27. The van der Waals surface area contributed by atoms with Crippen molar-refractivity contribution in [3.05, 3.63) is 139 Å². The van der Waals surface area contributed by atoms with Crippen LogP contribution in [0.1, 0.15) is 137 Å². The summed E-state index contributed by atoms with van der Waals surface area (Å²) in [6.45, 7) is 23.3. The van der Waals surface area contributed by atoms with Gasteiger partial charge in [0.25, 0.3) is 0 Å². The van der Waals surface area contributed by atoms with E-state index in [9.17, 15) is 0 Å². The molecule has 13 rings (SSSR count). The number of fused-ring (bicyclic) bond motifs is 14. The lowest BCUT2D eigenvalue weighted by molar-refractivity contribution is 0.347. The van der Waals surface area contributed by atoms with Crippen LogP contribution in [0, 0.1) is 13.8 Å². The second-order valence-corrected chi connectivity index (χ2v) is 23.1. The molecule has 4 aliphatic carbocycles. The van der Waals surface area contributed by atoms with Crippen LogP contribution in [0.3, 0.4) is 0 Å². The van der Waals surface area contributed by atoms with E-state index < -0.39 is 0 Å². The van der Waals surface area contributed by atoms with Crippen LogP contribution in [-0.4, -0.2) is 24.2 Å². The van der Waals surface area contributed by atoms with Gasteiger partial charge in [-0.3, -0.25) is 0 Å². The smallest absolute Gasteiger partial charge is 0.172 e. The molecule has 1 aromatic heterocycles. The molecule has 0 saturated carbocycles. The summed E-state index contributed by atoms with van der Waals surface area (Å²) in [6, 6.07) is 26.6. The van der Waals surface area contributed by atoms with Gasteiger partial charge in [-0.15, -0.1) is 0 Å². The molecule has 0 bridgehead atoms. The van der Waals surface area contributed by atoms with E-state index in [1.165, 1.54) is 55.6 Å². The molecule has 66 heavy (non-hydrogen) atoms. The Labute approximate surface area is 387 Å². The van der Waals surface area contributed by atoms with Crippen LogP contribution in [0.25, 0.3) is 32.7 Å². The topological polar surface area (TPSA) is 90.9 Å². The first-order chi connectivity index (χ1) is 31.2. The molecule has 2 aliphatic heterocycles. The van der Waals surface area contributed by atoms with Gasteiger partial charge in [0.05, 0.1) is 36.3 Å². The first-order valence-corrected chi connectivity index (χ1v) is 23.6. The molecule has 2 unspecified atom stereocenters. The molecule has 334 valence electrons. The maximum absolute atomic E-state index is 6.88. The molecule has 0 saturated heterocycles. The van der Waals surface area contributed by atoms with Gasteiger partial charge in [-0.05, 0) is 153 Å². The summed E-state index contributed by atoms with van der Waals surface area (Å²) in [5.41, 5.74) is 19.5. The Kier molecular flexibility index (Phi) is 7.51. The van der Waals surface area contributed by atoms with Gasteiger partial charge in [-0.1, -0.05) is 79.7 Å². The Morgan fingerprint density at radius 3 is 1.18 bits per heavy atom. The first-order valence-electron chi connectivity index (χ1n) is 23.6. The summed E-state index contributed by atoms with van der Waals surface area (Å²) >= 11 is 0. The van der Waals surface area contributed by atoms with Crippen LogP contribution in [0.2, 0.25) is 0 Å². The standard InChI is InChI=1S/C58H56N4O4/c1-29-13-39-40(14-30(29)2)60-43-17-35-31(15-41(43)59-39)53(3,4)25-57(35)26-54(5,6)32-16-42-44(18-36(32)57)62-46-24-52-51(23-45(46)61-42)65-49-20-34-38(22-50(49)66-52)58(28-56(34,9)10)27-55(7,8)33-19-47(63-11)48(64-12)21-37(33)58/h13-24H,25-28H2,1-12H3/q-2. The number of benzene rings is 6. The van der Waals surface area contributed by atoms with Gasteiger partial charge in [-0.2, -0.15) is 22.7 Å². The number of aromatic nitrogens is 2. The van der Waals surface area contributed by atoms with Crippen LogP contribution in [0.4, 0.5) is 22.7 Å². The third-order valence-corrected chi connectivity index (χ3v) is 16.8. The largest absolute Gasteiger partial charge is 0.660 e. The monoisotopic (exact) mass is 872 g/mol. The highest BCUT2D eigenvalue weighted by Crippen LogP contribution is 2.68. The number of nitrogens with zero attached hydrogens (tertiary/aromatic N) is 4. The number of hydrogen-bond donors (Lipinski definition) is 0. The van der Waals surface area contributed by atoms with Gasteiger partial charge in [0, 0.05) is 23.0 Å². The fraction of sp³-hybridized carbons (Fsp3) is 0.379. The Hall–Kier alpha value is -6.28. The second kappa shape index (κ2) is 12.4. The summed E-state index contributed by atoms with van der Waals surface area (Å²) in [5, 5.41) is 10.4. The van der Waals surface area contributed by atoms with Crippen molar-refractivity contribution in [2.45, 2.75) is 127 Å². The normalized spacial score (nSPS) is 23.1. The van der Waals surface area contributed by atoms with Gasteiger partial charge in [0.1, 0.15) is 0 Å². The molecule has 0 fully saturated rings. The SMILES string of the molecule is COc1cc2c(cc1OC)C1(CC2(C)C)CC(C)(C)c2cc3c(cc21)Oc1cc2nc4cc5c(cc4nc2cc1O3)C(C)(C)CC51CC(C)(C)c2cc3c(cc21)[N-]c1cc(C)c(C)cc1[N-]3. The van der Waals surface area contributed by atoms with E-state index in [0.29, 0.717) is 11.5 Å². The fourth-order valence-corrected chi connectivity index (χ4v) is 14.1. The highest BCUT2D eigenvalue weighted by Gasteiger charge is 2.58. The number of aryl methyl sites for hydroxylation is 2. The van der Waals surface area contributed by atoms with Crippen molar-refractivity contribution in [2.75, 3.05) is 14.2 Å². The van der Waals surface area contributed by atoms with Crippen molar-refractivity contribution in [2.24, 2.45) is 0 Å². The number of ether oxygens (including phenoxy) is 4. The molecule has 8 nitrogen and oxygen atoms in total. The van der Waals surface area contributed by atoms with Crippen molar-refractivity contribution >= 4 is 44.8 Å². The van der Waals surface area contributed by atoms with E-state index in [2.05, 4.69) is 130 Å². The number of hydrogen-bond acceptors (Lipinski definition) is 6. The van der Waals surface area contributed by atoms with Crippen molar-refractivity contribution < 1.29 is 18.9 Å². The van der Waals surface area contributed by atoms with Crippen molar-refractivity contribution in [1.82, 2.24) is 9.97 Å². The zero-order valence-corrected chi connectivity index (χ0v) is 40.2. The second-order valence-electron chi connectivity index (χ2n) is 23.1. The Balaban J connectivity index is 0.904. The van der Waals surface area contributed by atoms with Gasteiger partial charge in [0.2, 0.25) is 0 Å². The minimum Gasteiger partial charge on any atom is -0.660 e. The van der Waals surface area contributed by atoms with Gasteiger partial charge in [0.15, 0.2) is 34.5 Å². The Morgan fingerprint density at radius 2 is 0.697 bits per heavy atom. The van der Waals surface area contributed by atoms with Crippen LogP contribution in [-0.2, 0) is 32.5 Å². The molecule has 0 amide bonds. The lowest BCUT2D eigenvalue weighted by Crippen LogP contribution is -2.27.